The van der Waals surface area contributed by atoms with E-state index in [1.165, 1.54) is 18.4 Å². The number of carbonyl (C=O) groups is 1. The fraction of sp³-hybridized carbons (Fsp3) is 0.500. The summed E-state index contributed by atoms with van der Waals surface area (Å²) in [6, 6.07) is 8.27. The van der Waals surface area contributed by atoms with Gasteiger partial charge in [-0.1, -0.05) is 30.7 Å². The second kappa shape index (κ2) is 3.34. The molecule has 0 saturated heterocycles. The average molecular weight is 216 g/mol. The first-order chi connectivity index (χ1) is 7.72. The minimum atomic E-state index is -0.647. The molecule has 0 bridgehead atoms. The largest absolute Gasteiger partial charge is 0.481 e. The number of hydrogen-bond donors (Lipinski definition) is 1. The second-order valence-electron chi connectivity index (χ2n) is 5.14. The van der Waals surface area contributed by atoms with Crippen molar-refractivity contribution in [2.75, 3.05) is 0 Å². The van der Waals surface area contributed by atoms with E-state index in [0.717, 1.165) is 24.8 Å². The van der Waals surface area contributed by atoms with Crippen LogP contribution in [0, 0.1) is 0 Å². The zero-order valence-electron chi connectivity index (χ0n) is 9.28. The fourth-order valence-corrected chi connectivity index (χ4v) is 2.66. The van der Waals surface area contributed by atoms with Crippen molar-refractivity contribution in [1.29, 1.82) is 0 Å². The maximum absolute atomic E-state index is 11.4. The minimum absolute atomic E-state index is 0.565. The summed E-state index contributed by atoms with van der Waals surface area (Å²) >= 11 is 0. The van der Waals surface area contributed by atoms with Crippen molar-refractivity contribution in [1.82, 2.24) is 0 Å². The Kier molecular flexibility index (Phi) is 2.06. The molecule has 1 aromatic carbocycles. The molecular formula is C14H16O2. The third kappa shape index (κ3) is 1.36. The minimum Gasteiger partial charge on any atom is -0.481 e. The summed E-state index contributed by atoms with van der Waals surface area (Å²) in [6.45, 7) is 0. The summed E-state index contributed by atoms with van der Waals surface area (Å²) in [5.74, 6) is 0.0533. The number of benzene rings is 1. The summed E-state index contributed by atoms with van der Waals surface area (Å²) in [7, 11) is 0. The Morgan fingerprint density at radius 2 is 2.06 bits per heavy atom. The van der Waals surface area contributed by atoms with E-state index >= 15 is 0 Å². The quantitative estimate of drug-likeness (QED) is 0.843. The third-order valence-corrected chi connectivity index (χ3v) is 4.10. The molecule has 2 saturated carbocycles. The van der Waals surface area contributed by atoms with Gasteiger partial charge in [0, 0.05) is 0 Å². The summed E-state index contributed by atoms with van der Waals surface area (Å²) in [5.41, 5.74) is 1.80. The van der Waals surface area contributed by atoms with Gasteiger partial charge in [0.2, 0.25) is 0 Å². The van der Waals surface area contributed by atoms with Crippen LogP contribution in [0.3, 0.4) is 0 Å². The van der Waals surface area contributed by atoms with Crippen molar-refractivity contribution in [3.8, 4) is 0 Å². The third-order valence-electron chi connectivity index (χ3n) is 4.10. The van der Waals surface area contributed by atoms with E-state index in [9.17, 15) is 9.90 Å². The highest BCUT2D eigenvalue weighted by atomic mass is 16.4. The first-order valence-electron chi connectivity index (χ1n) is 6.06. The molecule has 0 radical (unpaired) electrons. The summed E-state index contributed by atoms with van der Waals surface area (Å²) in [6.07, 6.45) is 5.18. The maximum Gasteiger partial charge on any atom is 0.314 e. The number of hydrogen-bond acceptors (Lipinski definition) is 1. The molecule has 2 nitrogen and oxygen atoms in total. The van der Waals surface area contributed by atoms with E-state index in [1.807, 2.05) is 12.1 Å². The van der Waals surface area contributed by atoms with Crippen molar-refractivity contribution in [2.45, 2.75) is 43.4 Å². The molecule has 2 aliphatic carbocycles. The molecule has 0 aromatic heterocycles. The van der Waals surface area contributed by atoms with Gasteiger partial charge in [0.1, 0.15) is 0 Å². The summed E-state index contributed by atoms with van der Waals surface area (Å²) in [5, 5.41) is 9.38. The van der Waals surface area contributed by atoms with E-state index in [0.29, 0.717) is 5.92 Å². The Labute approximate surface area is 95.3 Å². The molecule has 0 unspecified atom stereocenters. The van der Waals surface area contributed by atoms with Crippen LogP contribution in [0.5, 0.6) is 0 Å². The fourth-order valence-electron chi connectivity index (χ4n) is 2.66. The average Bonchev–Trinajstić information content (AvgIpc) is 2.98. The number of rotatable bonds is 3. The molecule has 2 aliphatic rings. The van der Waals surface area contributed by atoms with E-state index < -0.39 is 11.4 Å². The van der Waals surface area contributed by atoms with Gasteiger partial charge in [-0.05, 0) is 42.7 Å². The molecule has 0 aliphatic heterocycles. The van der Waals surface area contributed by atoms with E-state index in [-0.39, 0.29) is 0 Å². The molecule has 1 N–H and O–H groups in total. The van der Waals surface area contributed by atoms with Crippen molar-refractivity contribution in [2.24, 2.45) is 0 Å². The number of carboxylic acids is 1. The SMILES string of the molecule is O=C(O)C1(c2cccc(C3CC3)c2)CCC1. The van der Waals surface area contributed by atoms with Crippen LogP contribution in [0.2, 0.25) is 0 Å². The predicted octanol–water partition coefficient (Wildman–Crippen LogP) is 3.07. The normalized spacial score (nSPS) is 22.5. The van der Waals surface area contributed by atoms with Crippen LogP contribution in [-0.4, -0.2) is 11.1 Å². The zero-order chi connectivity index (χ0) is 11.2. The van der Waals surface area contributed by atoms with Crippen LogP contribution in [0.4, 0.5) is 0 Å². The predicted molar refractivity (Wildman–Crippen MR) is 61.6 cm³/mol. The molecule has 1 aromatic rings. The smallest absolute Gasteiger partial charge is 0.314 e. The van der Waals surface area contributed by atoms with E-state index in [4.69, 9.17) is 0 Å². The first-order valence-corrected chi connectivity index (χ1v) is 6.06. The summed E-state index contributed by atoms with van der Waals surface area (Å²) in [4.78, 5) is 11.4. The van der Waals surface area contributed by atoms with Crippen molar-refractivity contribution >= 4 is 5.97 Å². The highest BCUT2D eigenvalue weighted by Gasteiger charge is 2.46. The van der Waals surface area contributed by atoms with Gasteiger partial charge >= 0.3 is 5.97 Å². The highest BCUT2D eigenvalue weighted by Crippen LogP contribution is 2.46. The van der Waals surface area contributed by atoms with Crippen LogP contribution >= 0.6 is 0 Å². The lowest BCUT2D eigenvalue weighted by molar-refractivity contribution is -0.147. The Morgan fingerprint density at radius 3 is 2.56 bits per heavy atom. The molecule has 0 heterocycles. The Bertz CT molecular complexity index is 428. The first kappa shape index (κ1) is 9.88. The van der Waals surface area contributed by atoms with Crippen molar-refractivity contribution < 1.29 is 9.90 Å². The van der Waals surface area contributed by atoms with Gasteiger partial charge in [0.25, 0.3) is 0 Å². The van der Waals surface area contributed by atoms with Gasteiger partial charge in [-0.15, -0.1) is 0 Å². The lowest BCUT2D eigenvalue weighted by Gasteiger charge is -2.38. The van der Waals surface area contributed by atoms with Gasteiger partial charge in [-0.25, -0.2) is 0 Å². The van der Waals surface area contributed by atoms with Crippen LogP contribution < -0.4 is 0 Å². The topological polar surface area (TPSA) is 37.3 Å². The van der Waals surface area contributed by atoms with Crippen molar-refractivity contribution in [3.05, 3.63) is 35.4 Å². The molecule has 0 atom stereocenters. The number of carboxylic acid groups (broad SMARTS) is 1. The lowest BCUT2D eigenvalue weighted by Crippen LogP contribution is -2.42. The monoisotopic (exact) mass is 216 g/mol. The van der Waals surface area contributed by atoms with Crippen LogP contribution in [0.1, 0.15) is 49.1 Å². The van der Waals surface area contributed by atoms with Gasteiger partial charge < -0.3 is 5.11 Å². The van der Waals surface area contributed by atoms with Crippen LogP contribution in [0.25, 0.3) is 0 Å². The highest BCUT2D eigenvalue weighted by molar-refractivity contribution is 5.82. The van der Waals surface area contributed by atoms with E-state index in [2.05, 4.69) is 12.1 Å². The molecule has 0 spiro atoms. The molecule has 16 heavy (non-hydrogen) atoms. The van der Waals surface area contributed by atoms with Gasteiger partial charge in [-0.2, -0.15) is 0 Å². The Hall–Kier alpha value is -1.31. The molecule has 2 fully saturated rings. The van der Waals surface area contributed by atoms with Crippen LogP contribution in [0.15, 0.2) is 24.3 Å². The van der Waals surface area contributed by atoms with E-state index in [1.54, 1.807) is 0 Å². The summed E-state index contributed by atoms with van der Waals surface area (Å²) < 4.78 is 0. The van der Waals surface area contributed by atoms with Gasteiger partial charge in [0.05, 0.1) is 5.41 Å². The maximum atomic E-state index is 11.4. The standard InChI is InChI=1S/C14H16O2/c15-13(16)14(7-2-8-14)12-4-1-3-11(9-12)10-5-6-10/h1,3-4,9-10H,2,5-8H2,(H,15,16). The molecule has 0 amide bonds. The van der Waals surface area contributed by atoms with Crippen LogP contribution in [-0.2, 0) is 10.2 Å². The van der Waals surface area contributed by atoms with Gasteiger partial charge in [0.15, 0.2) is 0 Å². The lowest BCUT2D eigenvalue weighted by atomic mass is 9.64. The van der Waals surface area contributed by atoms with Gasteiger partial charge in [-0.3, -0.25) is 4.79 Å². The second-order valence-corrected chi connectivity index (χ2v) is 5.14. The molecule has 2 heteroatoms. The molecule has 3 rings (SSSR count). The van der Waals surface area contributed by atoms with Crippen molar-refractivity contribution in [3.63, 3.8) is 0 Å². The molecular weight excluding hydrogens is 200 g/mol. The molecule has 84 valence electrons. The Morgan fingerprint density at radius 1 is 1.31 bits per heavy atom. The Balaban J connectivity index is 1.98. The zero-order valence-corrected chi connectivity index (χ0v) is 9.28. The number of aliphatic carboxylic acids is 1.